The van der Waals surface area contributed by atoms with Crippen LogP contribution >= 0.6 is 0 Å². The van der Waals surface area contributed by atoms with Gasteiger partial charge in [0, 0.05) is 56.3 Å². The van der Waals surface area contributed by atoms with Crippen molar-refractivity contribution in [3.8, 4) is 5.75 Å². The number of hydrogen-bond donors (Lipinski definition) is 3. The Morgan fingerprint density at radius 2 is 1.97 bits per heavy atom. The first-order valence-corrected chi connectivity index (χ1v) is 11.4. The highest BCUT2D eigenvalue weighted by atomic mass is 16.7. The number of rotatable bonds is 4. The molecular weight excluding hydrogens is 434 g/mol. The molecule has 6 rings (SSSR count). The molecule has 0 spiro atoms. The van der Waals surface area contributed by atoms with Crippen LogP contribution in [0.25, 0.3) is 0 Å². The molecule has 10 heteroatoms. The van der Waals surface area contributed by atoms with E-state index in [0.29, 0.717) is 6.73 Å². The van der Waals surface area contributed by atoms with Crippen LogP contribution in [-0.2, 0) is 9.63 Å². The van der Waals surface area contributed by atoms with Crippen LogP contribution in [0.3, 0.4) is 0 Å². The first kappa shape index (κ1) is 20.7. The molecule has 34 heavy (non-hydrogen) atoms. The maximum atomic E-state index is 11.7. The molecule has 2 aromatic carbocycles. The van der Waals surface area contributed by atoms with Crippen LogP contribution in [0.15, 0.2) is 58.9 Å². The van der Waals surface area contributed by atoms with Crippen LogP contribution in [0, 0.1) is 0 Å². The highest BCUT2D eigenvalue weighted by Crippen LogP contribution is 2.42. The van der Waals surface area contributed by atoms with Gasteiger partial charge < -0.3 is 25.2 Å². The topological polar surface area (TPSA) is 93.7 Å². The van der Waals surface area contributed by atoms with E-state index in [0.717, 1.165) is 66.1 Å². The number of fused-ring (bicyclic) bond motifs is 3. The third-order valence-corrected chi connectivity index (χ3v) is 6.58. The average Bonchev–Trinajstić information content (AvgIpc) is 3.43. The van der Waals surface area contributed by atoms with Gasteiger partial charge in [0.05, 0.1) is 11.4 Å². The Labute approximate surface area is 197 Å². The van der Waals surface area contributed by atoms with E-state index in [2.05, 4.69) is 33.1 Å². The van der Waals surface area contributed by atoms with Crippen molar-refractivity contribution >= 4 is 34.9 Å². The number of carbonyl (C=O) groups is 1. The number of hydrogen-bond acceptors (Lipinski definition) is 9. The van der Waals surface area contributed by atoms with Crippen LogP contribution in [0.5, 0.6) is 5.75 Å². The molecule has 0 saturated carbocycles. The summed E-state index contributed by atoms with van der Waals surface area (Å²) in [6, 6.07) is 14.2. The van der Waals surface area contributed by atoms with Gasteiger partial charge in [-0.15, -0.1) is 0 Å². The van der Waals surface area contributed by atoms with Gasteiger partial charge in [0.25, 0.3) is 0 Å². The molecule has 3 N–H and O–H groups in total. The Morgan fingerprint density at radius 1 is 1.12 bits per heavy atom. The maximum Gasteiger partial charge on any atom is 0.351 e. The molecule has 2 bridgehead atoms. The lowest BCUT2D eigenvalue weighted by molar-refractivity contribution is -0.129. The van der Waals surface area contributed by atoms with Crippen molar-refractivity contribution in [2.75, 3.05) is 53.3 Å². The van der Waals surface area contributed by atoms with Gasteiger partial charge in [-0.3, -0.25) is 9.69 Å². The number of carbonyl (C=O) groups excluding carboxylic acids is 1. The predicted molar refractivity (Wildman–Crippen MR) is 131 cm³/mol. The molecule has 10 nitrogen and oxygen atoms in total. The molecule has 2 fully saturated rings. The van der Waals surface area contributed by atoms with Crippen molar-refractivity contribution in [2.24, 2.45) is 4.99 Å². The first-order chi connectivity index (χ1) is 16.5. The number of nitrogens with zero attached hydrogens (tertiary/aromatic N) is 4. The first-order valence-electron chi connectivity index (χ1n) is 11.4. The van der Waals surface area contributed by atoms with E-state index in [4.69, 9.17) is 14.6 Å². The van der Waals surface area contributed by atoms with Crippen molar-refractivity contribution in [2.45, 2.75) is 19.8 Å². The molecule has 4 heterocycles. The van der Waals surface area contributed by atoms with Gasteiger partial charge >= 0.3 is 5.97 Å². The lowest BCUT2D eigenvalue weighted by Crippen LogP contribution is -2.51. The normalized spacial score (nSPS) is 22.8. The summed E-state index contributed by atoms with van der Waals surface area (Å²) in [5, 5.41) is 6.74. The minimum atomic E-state index is -1.17. The van der Waals surface area contributed by atoms with E-state index >= 15 is 0 Å². The van der Waals surface area contributed by atoms with Gasteiger partial charge in [-0.25, -0.2) is 15.3 Å². The van der Waals surface area contributed by atoms with Crippen LogP contribution in [0.4, 0.5) is 22.7 Å². The van der Waals surface area contributed by atoms with Crippen LogP contribution in [0.2, 0.25) is 0 Å². The molecule has 0 aromatic heterocycles. The second-order valence-electron chi connectivity index (χ2n) is 8.75. The number of hydroxylamine groups is 1. The quantitative estimate of drug-likeness (QED) is 0.640. The molecule has 2 saturated heterocycles. The van der Waals surface area contributed by atoms with E-state index in [9.17, 15) is 4.79 Å². The van der Waals surface area contributed by atoms with Gasteiger partial charge in [0.15, 0.2) is 6.73 Å². The standard InChI is InChI=1S/C24H27N7O3/c1-16-14-26-24(31(23(16)28-34-24)20-6-7-22-21(13-20)25-15-33-22)27-18-4-3-5-19(12-18)30-10-8-29(9-11-30)17(2)32/h3-7,12-14,25,27-28H,8-11,15H2,1-2H3. The summed E-state index contributed by atoms with van der Waals surface area (Å²) in [5.74, 6) is 0.616. The number of allylic oxidation sites excluding steroid dienone is 1. The molecule has 176 valence electrons. The van der Waals surface area contributed by atoms with E-state index in [1.54, 1.807) is 6.92 Å². The summed E-state index contributed by atoms with van der Waals surface area (Å²) in [5.41, 5.74) is 7.84. The third-order valence-electron chi connectivity index (χ3n) is 6.58. The Bertz CT molecular complexity index is 1200. The molecule has 1 unspecified atom stereocenters. The SMILES string of the molecule is CC(=O)N1CCN(c2cccc(NC34N=CC(C)=C(NO3)N4c3ccc4c(c3)NCO4)c2)CC1. The number of benzene rings is 2. The molecule has 2 aromatic rings. The number of amides is 1. The largest absolute Gasteiger partial charge is 0.471 e. The minimum absolute atomic E-state index is 0.128. The fourth-order valence-electron chi connectivity index (χ4n) is 4.73. The fraction of sp³-hybridized carbons (Fsp3) is 0.333. The summed E-state index contributed by atoms with van der Waals surface area (Å²) < 4.78 is 5.58. The smallest absolute Gasteiger partial charge is 0.351 e. The molecule has 1 amide bonds. The molecule has 4 aliphatic rings. The zero-order valence-corrected chi connectivity index (χ0v) is 19.2. The zero-order valence-electron chi connectivity index (χ0n) is 19.2. The highest BCUT2D eigenvalue weighted by Gasteiger charge is 2.49. The number of aliphatic imine (C=N–C) groups is 1. The second kappa shape index (κ2) is 7.84. The number of nitrogens with one attached hydrogen (secondary N) is 3. The Balaban J connectivity index is 1.28. The molecule has 0 aliphatic carbocycles. The lowest BCUT2D eigenvalue weighted by atomic mass is 10.2. The van der Waals surface area contributed by atoms with E-state index in [-0.39, 0.29) is 5.91 Å². The van der Waals surface area contributed by atoms with Crippen molar-refractivity contribution < 1.29 is 14.4 Å². The summed E-state index contributed by atoms with van der Waals surface area (Å²) >= 11 is 0. The Morgan fingerprint density at radius 3 is 2.79 bits per heavy atom. The monoisotopic (exact) mass is 461 g/mol. The van der Waals surface area contributed by atoms with Crippen LogP contribution < -0.4 is 30.7 Å². The molecule has 4 aliphatic heterocycles. The average molecular weight is 462 g/mol. The third kappa shape index (κ3) is 3.38. The predicted octanol–water partition coefficient (Wildman–Crippen LogP) is 2.50. The number of anilines is 4. The highest BCUT2D eigenvalue weighted by molar-refractivity contribution is 5.85. The molecule has 1 atom stereocenters. The fourth-order valence-corrected chi connectivity index (χ4v) is 4.73. The molecular formula is C24H27N7O3. The number of piperazine rings is 1. The Hall–Kier alpha value is -3.92. The van der Waals surface area contributed by atoms with Crippen LogP contribution in [-0.4, -0.2) is 55.9 Å². The van der Waals surface area contributed by atoms with Gasteiger partial charge in [0.1, 0.15) is 11.6 Å². The Kier molecular flexibility index (Phi) is 4.77. The van der Waals surface area contributed by atoms with E-state index in [1.165, 1.54) is 0 Å². The zero-order chi connectivity index (χ0) is 23.3. The number of ether oxygens (including phenoxy) is 1. The van der Waals surface area contributed by atoms with Crippen molar-refractivity contribution in [1.29, 1.82) is 0 Å². The summed E-state index contributed by atoms with van der Waals surface area (Å²) in [7, 11) is 0. The van der Waals surface area contributed by atoms with Crippen molar-refractivity contribution in [1.82, 2.24) is 10.4 Å². The van der Waals surface area contributed by atoms with E-state index in [1.807, 2.05) is 53.3 Å². The van der Waals surface area contributed by atoms with Gasteiger partial charge in [0.2, 0.25) is 5.91 Å². The molecule has 0 radical (unpaired) electrons. The lowest BCUT2D eigenvalue weighted by Gasteiger charge is -2.37. The van der Waals surface area contributed by atoms with Crippen molar-refractivity contribution in [3.05, 3.63) is 53.9 Å². The summed E-state index contributed by atoms with van der Waals surface area (Å²) in [4.78, 5) is 28.7. The van der Waals surface area contributed by atoms with Gasteiger partial charge in [-0.2, -0.15) is 0 Å². The van der Waals surface area contributed by atoms with Gasteiger partial charge in [-0.05, 0) is 43.3 Å². The second-order valence-corrected chi connectivity index (χ2v) is 8.75. The van der Waals surface area contributed by atoms with E-state index < -0.39 is 5.97 Å². The summed E-state index contributed by atoms with van der Waals surface area (Å²) in [6.45, 7) is 7.13. The maximum absolute atomic E-state index is 11.7. The van der Waals surface area contributed by atoms with Gasteiger partial charge in [-0.1, -0.05) is 6.07 Å². The van der Waals surface area contributed by atoms with Crippen molar-refractivity contribution in [3.63, 3.8) is 0 Å². The summed E-state index contributed by atoms with van der Waals surface area (Å²) in [6.07, 6.45) is 1.82. The minimum Gasteiger partial charge on any atom is -0.471 e. The van der Waals surface area contributed by atoms with Crippen LogP contribution in [0.1, 0.15) is 13.8 Å².